The Morgan fingerprint density at radius 2 is 1.63 bits per heavy atom. The molecule has 204 valence electrons. The molecular formula is C27H33N3O6S2. The monoisotopic (exact) mass is 559 g/mol. The molecule has 3 rings (SSSR count). The molecule has 1 aromatic heterocycles. The van der Waals surface area contributed by atoms with Crippen LogP contribution < -0.4 is 10.2 Å². The van der Waals surface area contributed by atoms with E-state index in [1.165, 1.54) is 22.5 Å². The Balaban J connectivity index is 1.77. The van der Waals surface area contributed by atoms with Crippen molar-refractivity contribution in [3.8, 4) is 0 Å². The van der Waals surface area contributed by atoms with E-state index in [1.54, 1.807) is 64.1 Å². The number of rotatable bonds is 9. The van der Waals surface area contributed by atoms with Gasteiger partial charge in [0.05, 0.1) is 10.6 Å². The lowest BCUT2D eigenvalue weighted by Gasteiger charge is -2.19. The van der Waals surface area contributed by atoms with E-state index in [4.69, 9.17) is 4.74 Å². The standard InChI is InChI=1S/C27H33N3O6S2/c1-6-30(26(32)33)24-29-22(23(37-24)17-19-9-14-21(15-10-19)38(5,34)35)16-11-18-7-12-20(13-8-18)28-25(31)36-27(2,3)4/h7-10,12-15H,6,11,16-17H2,1-5H3,(H,28,31)(H,32,33). The molecule has 0 fully saturated rings. The van der Waals surface area contributed by atoms with E-state index in [1.807, 2.05) is 12.1 Å². The molecule has 3 aromatic rings. The molecule has 2 N–H and O–H groups in total. The minimum Gasteiger partial charge on any atom is -0.465 e. The number of nitrogens with one attached hydrogen (secondary N) is 1. The molecule has 0 saturated carbocycles. The molecule has 0 spiro atoms. The zero-order valence-electron chi connectivity index (χ0n) is 22.1. The molecule has 2 amide bonds. The van der Waals surface area contributed by atoms with Gasteiger partial charge in [-0.15, -0.1) is 11.3 Å². The summed E-state index contributed by atoms with van der Waals surface area (Å²) in [7, 11) is -3.29. The van der Waals surface area contributed by atoms with E-state index in [0.717, 1.165) is 21.7 Å². The van der Waals surface area contributed by atoms with Crippen LogP contribution in [0.5, 0.6) is 0 Å². The zero-order valence-corrected chi connectivity index (χ0v) is 23.8. The quantitative estimate of drug-likeness (QED) is 0.341. The minimum atomic E-state index is -3.29. The van der Waals surface area contributed by atoms with Gasteiger partial charge in [-0.05, 0) is 75.9 Å². The molecule has 0 radical (unpaired) electrons. The van der Waals surface area contributed by atoms with Crippen molar-refractivity contribution in [1.29, 1.82) is 0 Å². The number of carboxylic acid groups (broad SMARTS) is 1. The Hall–Kier alpha value is -3.44. The first-order chi connectivity index (χ1) is 17.7. The van der Waals surface area contributed by atoms with Gasteiger partial charge in [-0.25, -0.2) is 23.0 Å². The fraction of sp³-hybridized carbons (Fsp3) is 0.370. The Bertz CT molecular complexity index is 1380. The third-order valence-electron chi connectivity index (χ3n) is 5.51. The van der Waals surface area contributed by atoms with Crippen molar-refractivity contribution in [2.24, 2.45) is 0 Å². The first-order valence-corrected chi connectivity index (χ1v) is 14.8. The van der Waals surface area contributed by atoms with Crippen LogP contribution in [0.2, 0.25) is 0 Å². The maximum atomic E-state index is 12.0. The highest BCUT2D eigenvalue weighted by Gasteiger charge is 2.21. The maximum Gasteiger partial charge on any atom is 0.413 e. The summed E-state index contributed by atoms with van der Waals surface area (Å²) < 4.78 is 28.8. The Morgan fingerprint density at radius 1 is 1.03 bits per heavy atom. The first kappa shape index (κ1) is 29.1. The maximum absolute atomic E-state index is 12.0. The molecule has 0 saturated heterocycles. The average Bonchev–Trinajstić information content (AvgIpc) is 3.19. The third-order valence-corrected chi connectivity index (χ3v) is 7.76. The predicted octanol–water partition coefficient (Wildman–Crippen LogP) is 5.77. The Labute approximate surface area is 227 Å². The lowest BCUT2D eigenvalue weighted by Crippen LogP contribution is -2.28. The summed E-state index contributed by atoms with van der Waals surface area (Å²) in [5, 5.41) is 12.7. The fourth-order valence-electron chi connectivity index (χ4n) is 3.65. The number of nitrogens with zero attached hydrogens (tertiary/aromatic N) is 2. The molecule has 0 atom stereocenters. The highest BCUT2D eigenvalue weighted by molar-refractivity contribution is 7.90. The Kier molecular flexibility index (Phi) is 9.16. The molecule has 11 heteroatoms. The fourth-order valence-corrected chi connectivity index (χ4v) is 5.48. The van der Waals surface area contributed by atoms with Crippen molar-refractivity contribution in [2.45, 2.75) is 57.5 Å². The molecular weight excluding hydrogens is 526 g/mol. The van der Waals surface area contributed by atoms with E-state index in [2.05, 4.69) is 10.3 Å². The number of amides is 2. The third kappa shape index (κ3) is 8.29. The first-order valence-electron chi connectivity index (χ1n) is 12.1. The number of hydrogen-bond donors (Lipinski definition) is 2. The van der Waals surface area contributed by atoms with Crippen LogP contribution in [0, 0.1) is 0 Å². The SMILES string of the molecule is CCN(C(=O)O)c1nc(CCc2ccc(NC(=O)OC(C)(C)C)cc2)c(Cc2ccc(S(C)(=O)=O)cc2)s1. The van der Waals surface area contributed by atoms with E-state index in [9.17, 15) is 23.1 Å². The van der Waals surface area contributed by atoms with Gasteiger partial charge < -0.3 is 9.84 Å². The van der Waals surface area contributed by atoms with Crippen LogP contribution in [-0.2, 0) is 33.8 Å². The summed E-state index contributed by atoms with van der Waals surface area (Å²) in [6, 6.07) is 14.1. The van der Waals surface area contributed by atoms with Crippen LogP contribution >= 0.6 is 11.3 Å². The lowest BCUT2D eigenvalue weighted by molar-refractivity contribution is 0.0636. The summed E-state index contributed by atoms with van der Waals surface area (Å²) in [4.78, 5) is 30.7. The van der Waals surface area contributed by atoms with Gasteiger partial charge in [0.2, 0.25) is 0 Å². The van der Waals surface area contributed by atoms with Crippen LogP contribution in [0.15, 0.2) is 53.4 Å². The van der Waals surface area contributed by atoms with Crippen molar-refractivity contribution in [3.05, 3.63) is 70.2 Å². The van der Waals surface area contributed by atoms with Crippen LogP contribution in [0.1, 0.15) is 49.4 Å². The van der Waals surface area contributed by atoms with Gasteiger partial charge in [0.15, 0.2) is 15.0 Å². The van der Waals surface area contributed by atoms with Crippen molar-refractivity contribution in [2.75, 3.05) is 23.0 Å². The number of thiazole rings is 1. The molecule has 2 aromatic carbocycles. The molecule has 0 unspecified atom stereocenters. The molecule has 0 aliphatic heterocycles. The van der Waals surface area contributed by atoms with Gasteiger partial charge >= 0.3 is 12.2 Å². The number of benzene rings is 2. The van der Waals surface area contributed by atoms with E-state index < -0.39 is 27.6 Å². The van der Waals surface area contributed by atoms with Crippen molar-refractivity contribution < 1.29 is 27.9 Å². The van der Waals surface area contributed by atoms with Crippen LogP contribution in [0.3, 0.4) is 0 Å². The second kappa shape index (κ2) is 12.0. The lowest BCUT2D eigenvalue weighted by atomic mass is 10.0. The van der Waals surface area contributed by atoms with E-state index in [-0.39, 0.29) is 11.4 Å². The molecule has 0 aliphatic carbocycles. The minimum absolute atomic E-state index is 0.249. The van der Waals surface area contributed by atoms with Gasteiger partial charge in [0.1, 0.15) is 5.60 Å². The average molecular weight is 560 g/mol. The van der Waals surface area contributed by atoms with Gasteiger partial charge in [0.25, 0.3) is 0 Å². The van der Waals surface area contributed by atoms with Crippen molar-refractivity contribution in [3.63, 3.8) is 0 Å². The zero-order chi connectivity index (χ0) is 28.1. The number of sulfone groups is 1. The number of ether oxygens (including phenoxy) is 1. The largest absolute Gasteiger partial charge is 0.465 e. The van der Waals surface area contributed by atoms with Gasteiger partial charge in [-0.2, -0.15) is 0 Å². The van der Waals surface area contributed by atoms with E-state index >= 15 is 0 Å². The smallest absolute Gasteiger partial charge is 0.413 e. The summed E-state index contributed by atoms with van der Waals surface area (Å²) in [6.07, 6.45) is 1.34. The molecule has 0 aliphatic rings. The van der Waals surface area contributed by atoms with Crippen molar-refractivity contribution >= 4 is 44.2 Å². The van der Waals surface area contributed by atoms with Crippen LogP contribution in [0.25, 0.3) is 0 Å². The normalized spacial score (nSPS) is 11.7. The molecule has 0 bridgehead atoms. The molecule has 9 nitrogen and oxygen atoms in total. The van der Waals surface area contributed by atoms with Crippen molar-refractivity contribution in [1.82, 2.24) is 4.98 Å². The second-order valence-corrected chi connectivity index (χ2v) is 12.9. The topological polar surface area (TPSA) is 126 Å². The number of carbonyl (C=O) groups is 2. The van der Waals surface area contributed by atoms with Crippen LogP contribution in [-0.4, -0.2) is 49.1 Å². The number of aryl methyl sites for hydroxylation is 2. The molecule has 38 heavy (non-hydrogen) atoms. The summed E-state index contributed by atoms with van der Waals surface area (Å²) in [6.45, 7) is 7.43. The number of hydrogen-bond acceptors (Lipinski definition) is 7. The molecule has 1 heterocycles. The van der Waals surface area contributed by atoms with Crippen LogP contribution in [0.4, 0.5) is 20.4 Å². The summed E-state index contributed by atoms with van der Waals surface area (Å²) >= 11 is 1.33. The summed E-state index contributed by atoms with van der Waals surface area (Å²) in [5.41, 5.74) is 2.77. The van der Waals surface area contributed by atoms with Gasteiger partial charge in [-0.1, -0.05) is 24.3 Å². The summed E-state index contributed by atoms with van der Waals surface area (Å²) in [5.74, 6) is 0. The number of anilines is 2. The highest BCUT2D eigenvalue weighted by atomic mass is 32.2. The second-order valence-electron chi connectivity index (χ2n) is 9.81. The number of aromatic nitrogens is 1. The Morgan fingerprint density at radius 3 is 2.16 bits per heavy atom. The van der Waals surface area contributed by atoms with Gasteiger partial charge in [0, 0.05) is 29.8 Å². The van der Waals surface area contributed by atoms with E-state index in [0.29, 0.717) is 30.1 Å². The highest BCUT2D eigenvalue weighted by Crippen LogP contribution is 2.30. The van der Waals surface area contributed by atoms with Gasteiger partial charge in [-0.3, -0.25) is 10.2 Å². The predicted molar refractivity (Wildman–Crippen MR) is 149 cm³/mol. The number of carbonyl (C=O) groups excluding carboxylic acids is 1.